The predicted molar refractivity (Wildman–Crippen MR) is 129 cm³/mol. The standard InChI is InChI=1S/C26H32FN5O3/c1-4-21(5-2)30-16-22-31(24(25(30)34)19-9-7-6-8-10-19)23(33)17-29(3)32(22)26(35)28-15-18-11-13-20(27)14-12-18/h6-14,21-22,24H,4-5,15-17H2,1-3H3,(H,28,35)/t22?,24-/m0/s1. The van der Waals surface area contributed by atoms with E-state index in [9.17, 15) is 18.8 Å². The van der Waals surface area contributed by atoms with Gasteiger partial charge in [0.15, 0.2) is 0 Å². The third-order valence-corrected chi connectivity index (χ3v) is 6.84. The molecule has 2 atom stereocenters. The van der Waals surface area contributed by atoms with Crippen LogP contribution in [0.1, 0.15) is 43.9 Å². The maximum absolute atomic E-state index is 13.8. The topological polar surface area (TPSA) is 76.2 Å². The number of benzene rings is 2. The summed E-state index contributed by atoms with van der Waals surface area (Å²) in [6.07, 6.45) is 0.895. The van der Waals surface area contributed by atoms with Crippen LogP contribution in [-0.2, 0) is 16.1 Å². The first-order valence-corrected chi connectivity index (χ1v) is 12.0. The zero-order valence-electron chi connectivity index (χ0n) is 20.4. The van der Waals surface area contributed by atoms with Crippen LogP contribution in [0.2, 0.25) is 0 Å². The van der Waals surface area contributed by atoms with E-state index in [2.05, 4.69) is 5.32 Å². The molecule has 4 rings (SSSR count). The van der Waals surface area contributed by atoms with Crippen molar-refractivity contribution in [1.29, 1.82) is 0 Å². The Labute approximate surface area is 205 Å². The van der Waals surface area contributed by atoms with Gasteiger partial charge in [0, 0.05) is 19.6 Å². The first-order valence-electron chi connectivity index (χ1n) is 12.0. The van der Waals surface area contributed by atoms with Crippen LogP contribution in [0, 0.1) is 5.82 Å². The Morgan fingerprint density at radius 2 is 1.71 bits per heavy atom. The van der Waals surface area contributed by atoms with Crippen molar-refractivity contribution >= 4 is 17.8 Å². The number of hydrogen-bond acceptors (Lipinski definition) is 4. The molecule has 2 fully saturated rings. The molecule has 0 aromatic heterocycles. The van der Waals surface area contributed by atoms with Crippen LogP contribution in [0.3, 0.4) is 0 Å². The molecule has 2 aromatic rings. The minimum absolute atomic E-state index is 0.00215. The minimum atomic E-state index is -0.802. The lowest BCUT2D eigenvalue weighted by molar-refractivity contribution is -0.190. The molecule has 0 radical (unpaired) electrons. The number of piperazine rings is 1. The molecule has 0 bridgehead atoms. The fraction of sp³-hybridized carbons (Fsp3) is 0.423. The molecular weight excluding hydrogens is 449 g/mol. The zero-order valence-corrected chi connectivity index (χ0v) is 20.4. The second-order valence-electron chi connectivity index (χ2n) is 9.00. The number of carbonyl (C=O) groups is 3. The second kappa shape index (κ2) is 10.4. The summed E-state index contributed by atoms with van der Waals surface area (Å²) < 4.78 is 13.2. The van der Waals surface area contributed by atoms with Gasteiger partial charge in [-0.15, -0.1) is 0 Å². The molecule has 186 valence electrons. The molecular formula is C26H32FN5O3. The summed E-state index contributed by atoms with van der Waals surface area (Å²) in [6.45, 7) is 4.49. The number of fused-ring (bicyclic) bond motifs is 1. The number of likely N-dealkylation sites (N-methyl/N-ethyl adjacent to an activating group) is 1. The number of carbonyl (C=O) groups excluding carboxylic acids is 3. The third kappa shape index (κ3) is 4.86. The number of rotatable bonds is 6. The molecule has 35 heavy (non-hydrogen) atoms. The van der Waals surface area contributed by atoms with Crippen LogP contribution < -0.4 is 5.32 Å². The summed E-state index contributed by atoms with van der Waals surface area (Å²) in [6, 6.07) is 14.0. The summed E-state index contributed by atoms with van der Waals surface area (Å²) in [5.74, 6) is -0.664. The van der Waals surface area contributed by atoms with Gasteiger partial charge in [0.25, 0.3) is 0 Å². The highest BCUT2D eigenvalue weighted by atomic mass is 19.1. The Morgan fingerprint density at radius 1 is 1.06 bits per heavy atom. The maximum atomic E-state index is 13.8. The van der Waals surface area contributed by atoms with Crippen molar-refractivity contribution in [2.75, 3.05) is 20.1 Å². The molecule has 1 N–H and O–H groups in total. The number of nitrogens with one attached hydrogen (secondary N) is 1. The molecule has 2 saturated heterocycles. The highest BCUT2D eigenvalue weighted by molar-refractivity contribution is 5.92. The Hall–Kier alpha value is -3.46. The number of amides is 4. The van der Waals surface area contributed by atoms with E-state index in [1.54, 1.807) is 29.1 Å². The van der Waals surface area contributed by atoms with E-state index in [4.69, 9.17) is 0 Å². The summed E-state index contributed by atoms with van der Waals surface area (Å²) in [5, 5.41) is 6.02. The summed E-state index contributed by atoms with van der Waals surface area (Å²) in [4.78, 5) is 43.8. The van der Waals surface area contributed by atoms with E-state index in [-0.39, 0.29) is 49.3 Å². The molecule has 8 nitrogen and oxygen atoms in total. The molecule has 0 aliphatic carbocycles. The van der Waals surface area contributed by atoms with Gasteiger partial charge in [-0.05, 0) is 36.1 Å². The zero-order chi connectivity index (χ0) is 25.1. The molecule has 0 saturated carbocycles. The van der Waals surface area contributed by atoms with Crippen LogP contribution >= 0.6 is 0 Å². The highest BCUT2D eigenvalue weighted by Crippen LogP contribution is 2.35. The van der Waals surface area contributed by atoms with Gasteiger partial charge in [-0.3, -0.25) is 9.59 Å². The normalized spacial score (nSPS) is 20.9. The average molecular weight is 482 g/mol. The summed E-state index contributed by atoms with van der Waals surface area (Å²) in [7, 11) is 1.70. The number of hydrogen-bond donors (Lipinski definition) is 1. The molecule has 1 unspecified atom stereocenters. The first kappa shape index (κ1) is 24.7. The Balaban J connectivity index is 1.67. The van der Waals surface area contributed by atoms with E-state index in [0.717, 1.165) is 24.0 Å². The highest BCUT2D eigenvalue weighted by Gasteiger charge is 2.52. The van der Waals surface area contributed by atoms with E-state index in [0.29, 0.717) is 0 Å². The predicted octanol–water partition coefficient (Wildman–Crippen LogP) is 3.12. The molecule has 2 heterocycles. The Kier molecular flexibility index (Phi) is 7.35. The smallest absolute Gasteiger partial charge is 0.334 e. The van der Waals surface area contributed by atoms with Gasteiger partial charge in [0.05, 0.1) is 13.1 Å². The number of hydrazine groups is 1. The Morgan fingerprint density at radius 3 is 2.34 bits per heavy atom. The van der Waals surface area contributed by atoms with Gasteiger partial charge >= 0.3 is 6.03 Å². The van der Waals surface area contributed by atoms with Crippen molar-refractivity contribution in [3.63, 3.8) is 0 Å². The second-order valence-corrected chi connectivity index (χ2v) is 9.00. The molecule has 2 aliphatic rings. The molecule has 2 aliphatic heterocycles. The van der Waals surface area contributed by atoms with E-state index >= 15 is 0 Å². The maximum Gasteiger partial charge on any atom is 0.334 e. The van der Waals surface area contributed by atoms with Gasteiger partial charge in [-0.25, -0.2) is 19.2 Å². The van der Waals surface area contributed by atoms with E-state index < -0.39 is 12.2 Å². The minimum Gasteiger partial charge on any atom is -0.334 e. The largest absolute Gasteiger partial charge is 0.334 e. The third-order valence-electron chi connectivity index (χ3n) is 6.84. The fourth-order valence-electron chi connectivity index (χ4n) is 5.04. The molecule has 4 amide bonds. The van der Waals surface area contributed by atoms with Gasteiger partial charge < -0.3 is 15.1 Å². The molecule has 2 aromatic carbocycles. The van der Waals surface area contributed by atoms with Gasteiger partial charge in [0.2, 0.25) is 11.8 Å². The van der Waals surface area contributed by atoms with Crippen molar-refractivity contribution in [3.8, 4) is 0 Å². The summed E-state index contributed by atoms with van der Waals surface area (Å²) in [5.41, 5.74) is 1.48. The van der Waals surface area contributed by atoms with Crippen molar-refractivity contribution < 1.29 is 18.8 Å². The van der Waals surface area contributed by atoms with Gasteiger partial charge in [0.1, 0.15) is 18.0 Å². The van der Waals surface area contributed by atoms with E-state index in [1.165, 1.54) is 17.1 Å². The van der Waals surface area contributed by atoms with Crippen molar-refractivity contribution in [2.45, 2.75) is 51.5 Å². The lowest BCUT2D eigenvalue weighted by Crippen LogP contribution is -2.74. The van der Waals surface area contributed by atoms with Crippen LogP contribution in [-0.4, -0.2) is 70.0 Å². The number of halogens is 1. The van der Waals surface area contributed by atoms with Gasteiger partial charge in [-0.2, -0.15) is 0 Å². The number of nitrogens with zero attached hydrogens (tertiary/aromatic N) is 4. The lowest BCUT2D eigenvalue weighted by Gasteiger charge is -2.55. The van der Waals surface area contributed by atoms with E-state index in [1.807, 2.05) is 49.1 Å². The van der Waals surface area contributed by atoms with Crippen molar-refractivity contribution in [1.82, 2.24) is 25.1 Å². The summed E-state index contributed by atoms with van der Waals surface area (Å²) >= 11 is 0. The quantitative estimate of drug-likeness (QED) is 0.688. The van der Waals surface area contributed by atoms with Crippen molar-refractivity contribution in [2.24, 2.45) is 0 Å². The average Bonchev–Trinajstić information content (AvgIpc) is 2.85. The van der Waals surface area contributed by atoms with Crippen LogP contribution in [0.15, 0.2) is 54.6 Å². The monoisotopic (exact) mass is 481 g/mol. The lowest BCUT2D eigenvalue weighted by atomic mass is 9.96. The molecule has 9 heteroatoms. The van der Waals surface area contributed by atoms with Crippen LogP contribution in [0.5, 0.6) is 0 Å². The van der Waals surface area contributed by atoms with Crippen molar-refractivity contribution in [3.05, 3.63) is 71.5 Å². The van der Waals surface area contributed by atoms with Crippen LogP contribution in [0.25, 0.3) is 0 Å². The van der Waals surface area contributed by atoms with Crippen LogP contribution in [0.4, 0.5) is 9.18 Å². The first-order chi connectivity index (χ1) is 16.8. The Bertz CT molecular complexity index is 1060. The SMILES string of the molecule is CCC(CC)N1CC2N(C(=O)CN(C)N2C(=O)NCc2ccc(F)cc2)[C@@H](c2ccccc2)C1=O. The number of urea groups is 1. The molecule has 0 spiro atoms. The van der Waals surface area contributed by atoms with Gasteiger partial charge in [-0.1, -0.05) is 56.3 Å². The fourth-order valence-corrected chi connectivity index (χ4v) is 5.04.